The Balaban J connectivity index is 1.50. The zero-order valence-corrected chi connectivity index (χ0v) is 14.9. The Labute approximate surface area is 157 Å². The molecule has 2 N–H and O–H groups in total. The van der Waals surface area contributed by atoms with E-state index >= 15 is 0 Å². The van der Waals surface area contributed by atoms with Crippen LogP contribution in [-0.2, 0) is 4.79 Å². The zero-order chi connectivity index (χ0) is 19.1. The lowest BCUT2D eigenvalue weighted by Gasteiger charge is -2.07. The van der Waals surface area contributed by atoms with Crippen LogP contribution >= 0.6 is 0 Å². The van der Waals surface area contributed by atoms with E-state index in [4.69, 9.17) is 4.74 Å². The molecule has 0 aliphatic carbocycles. The van der Waals surface area contributed by atoms with Gasteiger partial charge in [0.15, 0.2) is 6.61 Å². The first-order valence-corrected chi connectivity index (χ1v) is 8.51. The summed E-state index contributed by atoms with van der Waals surface area (Å²) in [7, 11) is 0. The van der Waals surface area contributed by atoms with Gasteiger partial charge in [0.05, 0.1) is 6.21 Å². The van der Waals surface area contributed by atoms with E-state index in [2.05, 4.69) is 10.5 Å². The van der Waals surface area contributed by atoms with E-state index in [1.165, 1.54) is 6.21 Å². The number of aromatic hydroxyl groups is 1. The first-order chi connectivity index (χ1) is 13.1. The maximum atomic E-state index is 11.8. The number of nitrogens with zero attached hydrogens (tertiary/aromatic N) is 1. The average molecular weight is 360 g/mol. The van der Waals surface area contributed by atoms with Crippen LogP contribution in [0.3, 0.4) is 0 Å². The van der Waals surface area contributed by atoms with E-state index < -0.39 is 0 Å². The van der Waals surface area contributed by atoms with Crippen molar-refractivity contribution in [3.8, 4) is 22.6 Å². The molecule has 0 aliphatic heterocycles. The molecule has 136 valence electrons. The zero-order valence-electron chi connectivity index (χ0n) is 14.9. The molecule has 0 saturated heterocycles. The number of nitrogens with one attached hydrogen (secondary N) is 1. The van der Waals surface area contributed by atoms with Crippen molar-refractivity contribution >= 4 is 12.1 Å². The number of rotatable bonds is 6. The molecule has 27 heavy (non-hydrogen) atoms. The van der Waals surface area contributed by atoms with E-state index in [-0.39, 0.29) is 18.3 Å². The number of benzene rings is 3. The van der Waals surface area contributed by atoms with Crippen molar-refractivity contribution in [3.05, 3.63) is 83.9 Å². The second kappa shape index (κ2) is 8.67. The summed E-state index contributed by atoms with van der Waals surface area (Å²) < 4.78 is 5.47. The summed E-state index contributed by atoms with van der Waals surface area (Å²) in [5, 5.41) is 13.6. The minimum atomic E-state index is -0.384. The van der Waals surface area contributed by atoms with Crippen molar-refractivity contribution < 1.29 is 14.6 Å². The molecule has 1 amide bonds. The Bertz CT molecular complexity index is 936. The summed E-state index contributed by atoms with van der Waals surface area (Å²) in [6, 6.07) is 22.7. The summed E-state index contributed by atoms with van der Waals surface area (Å²) in [6.07, 6.45) is 1.40. The number of hydrogen-bond donors (Lipinski definition) is 2. The monoisotopic (exact) mass is 360 g/mol. The van der Waals surface area contributed by atoms with Crippen molar-refractivity contribution in [2.24, 2.45) is 5.10 Å². The van der Waals surface area contributed by atoms with Crippen LogP contribution in [0.2, 0.25) is 0 Å². The average Bonchev–Trinajstić information content (AvgIpc) is 2.70. The molecule has 0 fully saturated rings. The molecule has 0 aromatic heterocycles. The summed E-state index contributed by atoms with van der Waals surface area (Å²) in [5.41, 5.74) is 6.10. The molecule has 5 nitrogen and oxygen atoms in total. The molecule has 3 aromatic carbocycles. The highest BCUT2D eigenvalue weighted by Crippen LogP contribution is 2.22. The number of hydrogen-bond acceptors (Lipinski definition) is 4. The van der Waals surface area contributed by atoms with Gasteiger partial charge in [0.2, 0.25) is 0 Å². The SMILES string of the molecule is Cc1ccc(O)c(/C=N/NC(=O)COc2ccc(-c3ccccc3)cc2)c1. The van der Waals surface area contributed by atoms with Gasteiger partial charge in [-0.3, -0.25) is 4.79 Å². The minimum absolute atomic E-state index is 0.105. The van der Waals surface area contributed by atoms with Crippen LogP contribution in [0.25, 0.3) is 11.1 Å². The van der Waals surface area contributed by atoms with Crippen LogP contribution in [0.1, 0.15) is 11.1 Å². The first-order valence-electron chi connectivity index (χ1n) is 8.51. The lowest BCUT2D eigenvalue weighted by atomic mass is 10.1. The second-order valence-corrected chi connectivity index (χ2v) is 6.03. The van der Waals surface area contributed by atoms with Crippen LogP contribution in [0.15, 0.2) is 77.9 Å². The molecule has 0 atom stereocenters. The van der Waals surface area contributed by atoms with Gasteiger partial charge in [-0.1, -0.05) is 54.1 Å². The van der Waals surface area contributed by atoms with Gasteiger partial charge in [-0.15, -0.1) is 0 Å². The van der Waals surface area contributed by atoms with Gasteiger partial charge >= 0.3 is 0 Å². The van der Waals surface area contributed by atoms with E-state index in [0.29, 0.717) is 11.3 Å². The first kappa shape index (κ1) is 18.2. The van der Waals surface area contributed by atoms with Crippen LogP contribution in [0, 0.1) is 6.92 Å². The third-order valence-corrected chi connectivity index (χ3v) is 3.91. The molecule has 0 unspecified atom stereocenters. The largest absolute Gasteiger partial charge is 0.507 e. The highest BCUT2D eigenvalue weighted by Gasteiger charge is 2.03. The summed E-state index contributed by atoms with van der Waals surface area (Å²) in [4.78, 5) is 11.8. The number of carbonyl (C=O) groups excluding carboxylic acids is 1. The predicted molar refractivity (Wildman–Crippen MR) is 106 cm³/mol. The predicted octanol–water partition coefficient (Wildman–Crippen LogP) is 3.90. The fourth-order valence-electron chi connectivity index (χ4n) is 2.51. The van der Waals surface area contributed by atoms with Crippen molar-refractivity contribution in [3.63, 3.8) is 0 Å². The molecule has 5 heteroatoms. The van der Waals surface area contributed by atoms with Gasteiger partial charge in [-0.2, -0.15) is 5.10 Å². The number of carbonyl (C=O) groups is 1. The molecular formula is C22H20N2O3. The second-order valence-electron chi connectivity index (χ2n) is 6.03. The molecule has 0 heterocycles. The van der Waals surface area contributed by atoms with Crippen LogP contribution in [0.4, 0.5) is 0 Å². The Morgan fingerprint density at radius 1 is 1.04 bits per heavy atom. The number of aryl methyl sites for hydroxylation is 1. The van der Waals surface area contributed by atoms with Crippen molar-refractivity contribution in [1.29, 1.82) is 0 Å². The third kappa shape index (κ3) is 5.19. The van der Waals surface area contributed by atoms with E-state index in [9.17, 15) is 9.90 Å². The minimum Gasteiger partial charge on any atom is -0.507 e. The molecule has 3 rings (SSSR count). The molecule has 0 radical (unpaired) electrons. The summed E-state index contributed by atoms with van der Waals surface area (Å²) in [6.45, 7) is 1.76. The Kier molecular flexibility index (Phi) is 5.84. The number of ether oxygens (including phenoxy) is 1. The number of amides is 1. The Morgan fingerprint density at radius 2 is 1.74 bits per heavy atom. The standard InChI is InChI=1S/C22H20N2O3/c1-16-7-12-21(25)19(13-16)14-23-24-22(26)15-27-20-10-8-18(9-11-20)17-5-3-2-4-6-17/h2-14,25H,15H2,1H3,(H,24,26)/b23-14+. The van der Waals surface area contributed by atoms with Crippen molar-refractivity contribution in [1.82, 2.24) is 5.43 Å². The Hall–Kier alpha value is -3.60. The number of phenols is 1. The molecule has 0 saturated carbocycles. The van der Waals surface area contributed by atoms with Gasteiger partial charge in [0.1, 0.15) is 11.5 Å². The smallest absolute Gasteiger partial charge is 0.277 e. The molecule has 3 aromatic rings. The van der Waals surface area contributed by atoms with Crippen LogP contribution in [0.5, 0.6) is 11.5 Å². The van der Waals surface area contributed by atoms with Gasteiger partial charge in [0.25, 0.3) is 5.91 Å². The fourth-order valence-corrected chi connectivity index (χ4v) is 2.51. The lowest BCUT2D eigenvalue weighted by Crippen LogP contribution is -2.24. The van der Waals surface area contributed by atoms with Crippen LogP contribution < -0.4 is 10.2 Å². The topological polar surface area (TPSA) is 70.9 Å². The van der Waals surface area contributed by atoms with E-state index in [1.54, 1.807) is 18.2 Å². The third-order valence-electron chi connectivity index (χ3n) is 3.91. The quantitative estimate of drug-likeness (QED) is 0.517. The van der Waals surface area contributed by atoms with Crippen molar-refractivity contribution in [2.75, 3.05) is 6.61 Å². The highest BCUT2D eigenvalue weighted by molar-refractivity contribution is 5.85. The fraction of sp³-hybridized carbons (Fsp3) is 0.0909. The van der Waals surface area contributed by atoms with Crippen LogP contribution in [-0.4, -0.2) is 23.8 Å². The van der Waals surface area contributed by atoms with Gasteiger partial charge < -0.3 is 9.84 Å². The molecule has 0 spiro atoms. The number of phenolic OH excluding ortho intramolecular Hbond substituents is 1. The molecular weight excluding hydrogens is 340 g/mol. The normalized spacial score (nSPS) is 10.7. The van der Waals surface area contributed by atoms with Crippen molar-refractivity contribution in [2.45, 2.75) is 6.92 Å². The van der Waals surface area contributed by atoms with E-state index in [1.807, 2.05) is 61.5 Å². The van der Waals surface area contributed by atoms with Gasteiger partial charge in [0, 0.05) is 5.56 Å². The maximum absolute atomic E-state index is 11.8. The summed E-state index contributed by atoms with van der Waals surface area (Å²) >= 11 is 0. The highest BCUT2D eigenvalue weighted by atomic mass is 16.5. The number of hydrazone groups is 1. The summed E-state index contributed by atoms with van der Waals surface area (Å²) in [5.74, 6) is 0.323. The maximum Gasteiger partial charge on any atom is 0.277 e. The lowest BCUT2D eigenvalue weighted by molar-refractivity contribution is -0.123. The van der Waals surface area contributed by atoms with Gasteiger partial charge in [-0.05, 0) is 42.3 Å². The Morgan fingerprint density at radius 3 is 2.48 bits per heavy atom. The molecule has 0 aliphatic rings. The molecule has 0 bridgehead atoms. The van der Waals surface area contributed by atoms with E-state index in [0.717, 1.165) is 16.7 Å². The van der Waals surface area contributed by atoms with Gasteiger partial charge in [-0.25, -0.2) is 5.43 Å².